The van der Waals surface area contributed by atoms with E-state index in [1.54, 1.807) is 0 Å². The predicted octanol–water partition coefficient (Wildman–Crippen LogP) is 12.4. The number of rotatable bonds is 32. The standard InChI is InChI=1S/C39H68O4/c1-3-5-7-9-11-13-14-15-16-17-18-19-20-21-23-28-32-36-39(42)43-37(33-29-25-22-12-10-8-6-4-2)34-30-26-24-27-31-35-38(40)41/h5,7,11,13,15-16,18-19,37H,3-4,6,8-10,12,14,17,20-36H2,1-2H3,(H,40,41)/b7-5-,13-11-,16-15-,19-18-. The van der Waals surface area contributed by atoms with Crippen LogP contribution in [0.25, 0.3) is 0 Å². The molecule has 43 heavy (non-hydrogen) atoms. The zero-order valence-electron chi connectivity index (χ0n) is 28.3. The number of carboxylic acids is 1. The van der Waals surface area contributed by atoms with E-state index >= 15 is 0 Å². The van der Waals surface area contributed by atoms with E-state index in [1.807, 2.05) is 0 Å². The van der Waals surface area contributed by atoms with Crippen molar-refractivity contribution in [1.82, 2.24) is 0 Å². The Morgan fingerprint density at radius 1 is 0.535 bits per heavy atom. The SMILES string of the molecule is CC/C=C\C/C=C\C/C=C\C/C=C\CCCCCCC(=O)OC(CCCCCCCCCC)CCCCCCCC(=O)O. The maximum absolute atomic E-state index is 12.6. The largest absolute Gasteiger partial charge is 0.481 e. The van der Waals surface area contributed by atoms with Crippen molar-refractivity contribution < 1.29 is 19.4 Å². The summed E-state index contributed by atoms with van der Waals surface area (Å²) in [6.07, 6.45) is 45.5. The fourth-order valence-electron chi connectivity index (χ4n) is 5.17. The van der Waals surface area contributed by atoms with E-state index in [0.717, 1.165) is 103 Å². The van der Waals surface area contributed by atoms with Gasteiger partial charge in [0.1, 0.15) is 6.10 Å². The molecule has 1 N–H and O–H groups in total. The molecule has 0 fully saturated rings. The molecule has 0 amide bonds. The molecule has 1 atom stereocenters. The van der Waals surface area contributed by atoms with E-state index in [0.29, 0.717) is 6.42 Å². The molecule has 1 unspecified atom stereocenters. The highest BCUT2D eigenvalue weighted by atomic mass is 16.5. The Balaban J connectivity index is 4.04. The second-order valence-corrected chi connectivity index (χ2v) is 12.0. The average Bonchev–Trinajstić information content (AvgIpc) is 2.99. The molecule has 0 radical (unpaired) electrons. The lowest BCUT2D eigenvalue weighted by Crippen LogP contribution is -2.18. The molecule has 0 spiro atoms. The number of aliphatic carboxylic acids is 1. The molecule has 0 aromatic carbocycles. The summed E-state index contributed by atoms with van der Waals surface area (Å²) in [4.78, 5) is 23.3. The number of carbonyl (C=O) groups is 2. The fourth-order valence-corrected chi connectivity index (χ4v) is 5.17. The van der Waals surface area contributed by atoms with Gasteiger partial charge in [-0.3, -0.25) is 9.59 Å². The molecule has 248 valence electrons. The lowest BCUT2D eigenvalue weighted by molar-refractivity contribution is -0.150. The van der Waals surface area contributed by atoms with Gasteiger partial charge in [0.05, 0.1) is 0 Å². The molecule has 0 heterocycles. The van der Waals surface area contributed by atoms with Crippen LogP contribution < -0.4 is 0 Å². The van der Waals surface area contributed by atoms with Crippen LogP contribution in [0.5, 0.6) is 0 Å². The Morgan fingerprint density at radius 3 is 1.51 bits per heavy atom. The smallest absolute Gasteiger partial charge is 0.306 e. The molecule has 0 bridgehead atoms. The summed E-state index contributed by atoms with van der Waals surface area (Å²) in [6.45, 7) is 4.41. The molecule has 0 aliphatic carbocycles. The molecule has 0 aliphatic rings. The first kappa shape index (κ1) is 40.9. The minimum Gasteiger partial charge on any atom is -0.481 e. The first-order valence-electron chi connectivity index (χ1n) is 18.1. The summed E-state index contributed by atoms with van der Waals surface area (Å²) in [5.74, 6) is -0.729. The lowest BCUT2D eigenvalue weighted by Gasteiger charge is -2.18. The Labute approximate surface area is 266 Å². The van der Waals surface area contributed by atoms with E-state index < -0.39 is 5.97 Å². The van der Waals surface area contributed by atoms with E-state index in [1.165, 1.54) is 51.4 Å². The highest BCUT2D eigenvalue weighted by molar-refractivity contribution is 5.69. The second kappa shape index (κ2) is 34.4. The van der Waals surface area contributed by atoms with E-state index in [9.17, 15) is 9.59 Å². The summed E-state index contributed by atoms with van der Waals surface area (Å²) < 4.78 is 5.96. The van der Waals surface area contributed by atoms with Crippen LogP contribution in [0.1, 0.15) is 181 Å². The van der Waals surface area contributed by atoms with Crippen LogP contribution in [0.4, 0.5) is 0 Å². The molecular weight excluding hydrogens is 532 g/mol. The van der Waals surface area contributed by atoms with Crippen molar-refractivity contribution in [1.29, 1.82) is 0 Å². The number of carbonyl (C=O) groups excluding carboxylic acids is 1. The number of ether oxygens (including phenoxy) is 1. The monoisotopic (exact) mass is 601 g/mol. The van der Waals surface area contributed by atoms with Gasteiger partial charge in [0.25, 0.3) is 0 Å². The zero-order chi connectivity index (χ0) is 31.5. The third-order valence-electron chi connectivity index (χ3n) is 7.82. The Bertz CT molecular complexity index is 734. The molecule has 0 aromatic heterocycles. The summed E-state index contributed by atoms with van der Waals surface area (Å²) in [5, 5.41) is 8.78. The van der Waals surface area contributed by atoms with Crippen molar-refractivity contribution in [3.63, 3.8) is 0 Å². The van der Waals surface area contributed by atoms with Gasteiger partial charge in [-0.05, 0) is 77.0 Å². The van der Waals surface area contributed by atoms with Crippen LogP contribution in [0.15, 0.2) is 48.6 Å². The number of hydrogen-bond donors (Lipinski definition) is 1. The van der Waals surface area contributed by atoms with Crippen molar-refractivity contribution in [3.8, 4) is 0 Å². The van der Waals surface area contributed by atoms with E-state index in [-0.39, 0.29) is 18.5 Å². The highest BCUT2D eigenvalue weighted by Gasteiger charge is 2.14. The van der Waals surface area contributed by atoms with Gasteiger partial charge >= 0.3 is 11.9 Å². The summed E-state index contributed by atoms with van der Waals surface area (Å²) >= 11 is 0. The predicted molar refractivity (Wildman–Crippen MR) is 185 cm³/mol. The maximum Gasteiger partial charge on any atom is 0.306 e. The van der Waals surface area contributed by atoms with E-state index in [2.05, 4.69) is 62.5 Å². The number of carboxylic acid groups (broad SMARTS) is 1. The van der Waals surface area contributed by atoms with Gasteiger partial charge in [-0.2, -0.15) is 0 Å². The molecule has 0 rings (SSSR count). The minimum atomic E-state index is -0.705. The van der Waals surface area contributed by atoms with Crippen molar-refractivity contribution in [2.45, 2.75) is 187 Å². The van der Waals surface area contributed by atoms with Gasteiger partial charge in [0, 0.05) is 12.8 Å². The fraction of sp³-hybridized carbons (Fsp3) is 0.744. The topological polar surface area (TPSA) is 63.6 Å². The molecule has 4 heteroatoms. The summed E-state index contributed by atoms with van der Waals surface area (Å²) in [5.41, 5.74) is 0. The Morgan fingerprint density at radius 2 is 0.977 bits per heavy atom. The zero-order valence-corrected chi connectivity index (χ0v) is 28.3. The van der Waals surface area contributed by atoms with Gasteiger partial charge in [0.2, 0.25) is 0 Å². The van der Waals surface area contributed by atoms with Crippen LogP contribution in [-0.4, -0.2) is 23.1 Å². The molecule has 0 aliphatic heterocycles. The quantitative estimate of drug-likeness (QED) is 0.0474. The Kier molecular flexibility index (Phi) is 32.7. The van der Waals surface area contributed by atoms with Crippen molar-refractivity contribution >= 4 is 11.9 Å². The summed E-state index contributed by atoms with van der Waals surface area (Å²) in [6, 6.07) is 0. The molecular formula is C39H68O4. The van der Waals surface area contributed by atoms with Gasteiger partial charge in [0.15, 0.2) is 0 Å². The average molecular weight is 601 g/mol. The van der Waals surface area contributed by atoms with Crippen LogP contribution in [0, 0.1) is 0 Å². The third-order valence-corrected chi connectivity index (χ3v) is 7.82. The van der Waals surface area contributed by atoms with Crippen molar-refractivity contribution in [2.24, 2.45) is 0 Å². The van der Waals surface area contributed by atoms with Gasteiger partial charge in [-0.15, -0.1) is 0 Å². The normalized spacial score (nSPS) is 12.8. The number of hydrogen-bond acceptors (Lipinski definition) is 3. The number of unbranched alkanes of at least 4 members (excludes halogenated alkanes) is 15. The highest BCUT2D eigenvalue weighted by Crippen LogP contribution is 2.18. The van der Waals surface area contributed by atoms with Crippen molar-refractivity contribution in [3.05, 3.63) is 48.6 Å². The number of allylic oxidation sites excluding steroid dienone is 8. The van der Waals surface area contributed by atoms with E-state index in [4.69, 9.17) is 9.84 Å². The number of esters is 1. The first-order valence-corrected chi connectivity index (χ1v) is 18.1. The molecule has 0 saturated heterocycles. The van der Waals surface area contributed by atoms with Crippen molar-refractivity contribution in [2.75, 3.05) is 0 Å². The van der Waals surface area contributed by atoms with Crippen LogP contribution in [0.3, 0.4) is 0 Å². The second-order valence-electron chi connectivity index (χ2n) is 12.0. The maximum atomic E-state index is 12.6. The van der Waals surface area contributed by atoms with Gasteiger partial charge in [-0.1, -0.05) is 140 Å². The molecule has 4 nitrogen and oxygen atoms in total. The first-order chi connectivity index (χ1) is 21.1. The van der Waals surface area contributed by atoms with Crippen LogP contribution in [0.2, 0.25) is 0 Å². The minimum absolute atomic E-state index is 0.0232. The molecule has 0 saturated carbocycles. The van der Waals surface area contributed by atoms with Gasteiger partial charge < -0.3 is 9.84 Å². The lowest BCUT2D eigenvalue weighted by atomic mass is 10.0. The summed E-state index contributed by atoms with van der Waals surface area (Å²) in [7, 11) is 0. The Hall–Kier alpha value is -2.10. The third kappa shape index (κ3) is 34.3. The van der Waals surface area contributed by atoms with Crippen LogP contribution in [-0.2, 0) is 14.3 Å². The van der Waals surface area contributed by atoms with Crippen LogP contribution >= 0.6 is 0 Å². The van der Waals surface area contributed by atoms with Gasteiger partial charge in [-0.25, -0.2) is 0 Å². The molecule has 0 aromatic rings.